The fourth-order valence-corrected chi connectivity index (χ4v) is 4.57. The molecule has 0 spiro atoms. The van der Waals surface area contributed by atoms with Gasteiger partial charge in [-0.2, -0.15) is 0 Å². The van der Waals surface area contributed by atoms with Gasteiger partial charge in [0, 0.05) is 14.1 Å². The zero-order valence-corrected chi connectivity index (χ0v) is 17.8. The summed E-state index contributed by atoms with van der Waals surface area (Å²) in [5, 5.41) is 2.77. The maximum atomic E-state index is 12.6. The summed E-state index contributed by atoms with van der Waals surface area (Å²) < 4.78 is 49.8. The highest BCUT2D eigenvalue weighted by atomic mass is 32.2. The molecule has 2 rings (SSSR count). The van der Waals surface area contributed by atoms with Crippen molar-refractivity contribution >= 4 is 25.8 Å². The molecule has 0 heterocycles. The highest BCUT2D eigenvalue weighted by Crippen LogP contribution is 2.21. The molecule has 0 aliphatic heterocycles. The van der Waals surface area contributed by atoms with Crippen molar-refractivity contribution in [3.63, 3.8) is 0 Å². The van der Waals surface area contributed by atoms with E-state index in [1.165, 1.54) is 45.3 Å². The van der Waals surface area contributed by atoms with Crippen LogP contribution in [0.5, 0.6) is 0 Å². The Balaban J connectivity index is 2.25. The van der Waals surface area contributed by atoms with Crippen molar-refractivity contribution in [1.29, 1.82) is 0 Å². The number of sulfonamides is 1. The topological polar surface area (TPSA) is 101 Å². The zero-order chi connectivity index (χ0) is 21.1. The number of sulfone groups is 1. The van der Waals surface area contributed by atoms with Crippen LogP contribution in [0.1, 0.15) is 35.8 Å². The Bertz CT molecular complexity index is 1060. The average molecular weight is 425 g/mol. The summed E-state index contributed by atoms with van der Waals surface area (Å²) in [5.41, 5.74) is 0.782. The number of carbonyl (C=O) groups excluding carboxylic acids is 1. The number of amides is 1. The first kappa shape index (κ1) is 22.1. The molecule has 0 aliphatic carbocycles. The molecular formula is C19H24N2O5S2. The van der Waals surface area contributed by atoms with Crippen molar-refractivity contribution < 1.29 is 21.6 Å². The predicted molar refractivity (Wildman–Crippen MR) is 107 cm³/mol. The molecule has 7 nitrogen and oxygen atoms in total. The minimum absolute atomic E-state index is 0.00498. The molecule has 1 atom stereocenters. The Morgan fingerprint density at radius 3 is 2.11 bits per heavy atom. The molecule has 0 saturated heterocycles. The minimum Gasteiger partial charge on any atom is -0.345 e. The van der Waals surface area contributed by atoms with Crippen molar-refractivity contribution in [3.05, 3.63) is 59.7 Å². The van der Waals surface area contributed by atoms with E-state index in [9.17, 15) is 21.6 Å². The van der Waals surface area contributed by atoms with Gasteiger partial charge in [-0.15, -0.1) is 0 Å². The highest BCUT2D eigenvalue weighted by Gasteiger charge is 2.22. The van der Waals surface area contributed by atoms with Crippen molar-refractivity contribution in [2.24, 2.45) is 0 Å². The van der Waals surface area contributed by atoms with Crippen LogP contribution in [0.2, 0.25) is 0 Å². The molecule has 0 fully saturated rings. The lowest BCUT2D eigenvalue weighted by Gasteiger charge is -2.17. The van der Waals surface area contributed by atoms with Gasteiger partial charge in [0.05, 0.1) is 27.1 Å². The SMILES string of the molecule is CCS(=O)(=O)c1ccccc1C(=O)NC(C)c1ccc(S(=O)(=O)N(C)C)cc1. The summed E-state index contributed by atoms with van der Waals surface area (Å²) in [6.45, 7) is 3.26. The van der Waals surface area contributed by atoms with Crippen LogP contribution in [0.25, 0.3) is 0 Å². The molecule has 9 heteroatoms. The second-order valence-electron chi connectivity index (χ2n) is 6.45. The van der Waals surface area contributed by atoms with Gasteiger partial charge in [0.25, 0.3) is 5.91 Å². The first-order chi connectivity index (χ1) is 13.0. The van der Waals surface area contributed by atoms with Crippen molar-refractivity contribution in [2.45, 2.75) is 29.7 Å². The van der Waals surface area contributed by atoms with Crippen LogP contribution in [0.4, 0.5) is 0 Å². The van der Waals surface area contributed by atoms with Crippen molar-refractivity contribution in [1.82, 2.24) is 9.62 Å². The van der Waals surface area contributed by atoms with E-state index in [4.69, 9.17) is 0 Å². The minimum atomic E-state index is -3.54. The molecule has 152 valence electrons. The molecule has 28 heavy (non-hydrogen) atoms. The number of hydrogen-bond donors (Lipinski definition) is 1. The lowest BCUT2D eigenvalue weighted by molar-refractivity contribution is 0.0936. The maximum Gasteiger partial charge on any atom is 0.253 e. The van der Waals surface area contributed by atoms with Crippen LogP contribution in [-0.4, -0.2) is 46.9 Å². The lowest BCUT2D eigenvalue weighted by atomic mass is 10.1. The van der Waals surface area contributed by atoms with Crippen LogP contribution >= 0.6 is 0 Å². The van der Waals surface area contributed by atoms with Gasteiger partial charge in [-0.1, -0.05) is 31.2 Å². The second-order valence-corrected chi connectivity index (χ2v) is 10.8. The van der Waals surface area contributed by atoms with E-state index in [0.717, 1.165) is 4.31 Å². The highest BCUT2D eigenvalue weighted by molar-refractivity contribution is 7.91. The molecule has 1 unspecified atom stereocenters. The molecule has 0 aliphatic rings. The van der Waals surface area contributed by atoms with Crippen molar-refractivity contribution in [2.75, 3.05) is 19.8 Å². The van der Waals surface area contributed by atoms with Gasteiger partial charge in [-0.3, -0.25) is 4.79 Å². The van der Waals surface area contributed by atoms with Crippen LogP contribution < -0.4 is 5.32 Å². The van der Waals surface area contributed by atoms with Gasteiger partial charge in [-0.05, 0) is 36.8 Å². The first-order valence-corrected chi connectivity index (χ1v) is 11.7. The van der Waals surface area contributed by atoms with E-state index in [2.05, 4.69) is 5.32 Å². The van der Waals surface area contributed by atoms with Gasteiger partial charge >= 0.3 is 0 Å². The van der Waals surface area contributed by atoms with Gasteiger partial charge in [0.15, 0.2) is 9.84 Å². The van der Waals surface area contributed by atoms with Crippen molar-refractivity contribution in [3.8, 4) is 0 Å². The number of nitrogens with zero attached hydrogens (tertiary/aromatic N) is 1. The molecule has 0 bridgehead atoms. The van der Waals surface area contributed by atoms with Crippen LogP contribution in [0.3, 0.4) is 0 Å². The third kappa shape index (κ3) is 4.60. The Morgan fingerprint density at radius 2 is 1.57 bits per heavy atom. The summed E-state index contributed by atoms with van der Waals surface area (Å²) in [7, 11) is -4.16. The van der Waals surface area contributed by atoms with E-state index < -0.39 is 31.8 Å². The van der Waals surface area contributed by atoms with Crippen LogP contribution in [0.15, 0.2) is 58.3 Å². The smallest absolute Gasteiger partial charge is 0.253 e. The molecule has 0 aromatic heterocycles. The fourth-order valence-electron chi connectivity index (χ4n) is 2.58. The molecule has 2 aromatic carbocycles. The standard InChI is InChI=1S/C19H24N2O5S2/c1-5-27(23,24)18-9-7-6-8-17(18)19(22)20-14(2)15-10-12-16(13-11-15)28(25,26)21(3)4/h6-14H,5H2,1-4H3,(H,20,22). The Hall–Kier alpha value is -2.23. The average Bonchev–Trinajstić information content (AvgIpc) is 2.67. The normalized spacial score (nSPS) is 13.3. The van der Waals surface area contributed by atoms with E-state index in [0.29, 0.717) is 5.56 Å². The van der Waals surface area contributed by atoms with E-state index in [1.54, 1.807) is 31.2 Å². The van der Waals surface area contributed by atoms with Gasteiger partial charge in [-0.25, -0.2) is 21.1 Å². The fraction of sp³-hybridized carbons (Fsp3) is 0.316. The summed E-state index contributed by atoms with van der Waals surface area (Å²) in [6.07, 6.45) is 0. The van der Waals surface area contributed by atoms with Crippen LogP contribution in [0, 0.1) is 0 Å². The molecule has 2 aromatic rings. The van der Waals surface area contributed by atoms with E-state index in [-0.39, 0.29) is 21.1 Å². The third-order valence-electron chi connectivity index (χ3n) is 4.35. The Labute approximate surface area is 166 Å². The Morgan fingerprint density at radius 1 is 1.00 bits per heavy atom. The largest absolute Gasteiger partial charge is 0.345 e. The quantitative estimate of drug-likeness (QED) is 0.734. The van der Waals surface area contributed by atoms with Crippen LogP contribution in [-0.2, 0) is 19.9 Å². The summed E-state index contributed by atoms with van der Waals surface area (Å²) >= 11 is 0. The molecule has 0 radical (unpaired) electrons. The zero-order valence-electron chi connectivity index (χ0n) is 16.2. The number of carbonyl (C=O) groups is 1. The second kappa shape index (κ2) is 8.42. The lowest BCUT2D eigenvalue weighted by Crippen LogP contribution is -2.28. The van der Waals surface area contributed by atoms with Gasteiger partial charge in [0.1, 0.15) is 0 Å². The monoisotopic (exact) mass is 424 g/mol. The summed E-state index contributed by atoms with van der Waals surface area (Å²) in [5.74, 6) is -0.612. The first-order valence-electron chi connectivity index (χ1n) is 8.66. The van der Waals surface area contributed by atoms with E-state index >= 15 is 0 Å². The maximum absolute atomic E-state index is 12.6. The molecule has 1 amide bonds. The molecule has 0 saturated carbocycles. The third-order valence-corrected chi connectivity index (χ3v) is 7.97. The number of nitrogens with one attached hydrogen (secondary N) is 1. The Kier molecular flexibility index (Phi) is 6.63. The number of hydrogen-bond acceptors (Lipinski definition) is 5. The van der Waals surface area contributed by atoms with E-state index in [1.807, 2.05) is 0 Å². The van der Waals surface area contributed by atoms with Gasteiger partial charge in [0.2, 0.25) is 10.0 Å². The van der Waals surface area contributed by atoms with Gasteiger partial charge < -0.3 is 5.32 Å². The number of benzene rings is 2. The number of rotatable bonds is 7. The predicted octanol–water partition coefficient (Wildman–Crippen LogP) is 2.22. The summed E-state index contributed by atoms with van der Waals surface area (Å²) in [4.78, 5) is 12.8. The molecule has 1 N–H and O–H groups in total. The summed E-state index contributed by atoms with van der Waals surface area (Å²) in [6, 6.07) is 11.8. The molecular weight excluding hydrogens is 400 g/mol.